The van der Waals surface area contributed by atoms with Crippen molar-refractivity contribution in [1.82, 2.24) is 14.5 Å². The first-order chi connectivity index (χ1) is 9.20. The van der Waals surface area contributed by atoms with Crippen molar-refractivity contribution in [1.29, 1.82) is 0 Å². The monoisotopic (exact) mass is 282 g/mol. The topological polar surface area (TPSA) is 41.1 Å². The average molecular weight is 282 g/mol. The zero-order chi connectivity index (χ0) is 13.7. The van der Waals surface area contributed by atoms with Gasteiger partial charge in [-0.05, 0) is 45.1 Å². The average Bonchev–Trinajstić information content (AvgIpc) is 2.84. The van der Waals surface area contributed by atoms with Crippen LogP contribution in [0.15, 0.2) is 0 Å². The van der Waals surface area contributed by atoms with Crippen LogP contribution in [0.1, 0.15) is 51.6 Å². The maximum atomic E-state index is 4.28. The predicted molar refractivity (Wildman–Crippen MR) is 81.6 cm³/mol. The van der Waals surface area contributed by atoms with Gasteiger partial charge in [-0.1, -0.05) is 18.3 Å². The van der Waals surface area contributed by atoms with Crippen molar-refractivity contribution in [2.45, 2.75) is 58.5 Å². The van der Waals surface area contributed by atoms with Crippen molar-refractivity contribution in [3.63, 3.8) is 0 Å². The normalized spacial score (nSPS) is 23.8. The Morgan fingerprint density at radius 1 is 1.32 bits per heavy atom. The van der Waals surface area contributed by atoms with E-state index in [9.17, 15) is 0 Å². The van der Waals surface area contributed by atoms with E-state index >= 15 is 0 Å². The summed E-state index contributed by atoms with van der Waals surface area (Å²) in [5, 5.41) is 8.86. The van der Waals surface area contributed by atoms with E-state index in [1.165, 1.54) is 37.2 Å². The second-order valence-electron chi connectivity index (χ2n) is 5.80. The fourth-order valence-corrected chi connectivity index (χ4v) is 3.33. The first-order valence-electron chi connectivity index (χ1n) is 7.46. The van der Waals surface area contributed by atoms with E-state index in [4.69, 9.17) is 0 Å². The summed E-state index contributed by atoms with van der Waals surface area (Å²) in [4.78, 5) is 2.46. The third kappa shape index (κ3) is 4.14. The Bertz CT molecular complexity index is 371. The maximum absolute atomic E-state index is 4.28. The van der Waals surface area contributed by atoms with Gasteiger partial charge in [-0.2, -0.15) is 0 Å². The molecule has 1 N–H and O–H groups in total. The van der Waals surface area contributed by atoms with E-state index in [1.807, 2.05) is 0 Å². The first-order valence-corrected chi connectivity index (χ1v) is 8.23. The molecule has 0 bridgehead atoms. The molecule has 108 valence electrons. The van der Waals surface area contributed by atoms with Gasteiger partial charge in [-0.15, -0.1) is 5.10 Å². The Morgan fingerprint density at radius 3 is 2.74 bits per heavy atom. The van der Waals surface area contributed by atoms with Gasteiger partial charge in [0.1, 0.15) is 10.7 Å². The van der Waals surface area contributed by atoms with Gasteiger partial charge < -0.3 is 5.32 Å². The highest BCUT2D eigenvalue weighted by atomic mass is 32.1. The maximum Gasteiger partial charge on any atom is 0.134 e. The fourth-order valence-electron chi connectivity index (χ4n) is 2.73. The molecule has 2 rings (SSSR count). The lowest BCUT2D eigenvalue weighted by molar-refractivity contribution is 0.162. The van der Waals surface area contributed by atoms with Gasteiger partial charge in [-0.25, -0.2) is 0 Å². The van der Waals surface area contributed by atoms with E-state index in [0.29, 0.717) is 0 Å². The number of nitrogens with one attached hydrogen (secondary N) is 1. The SMILES string of the molecule is CCCNc1snnc1CN(C)C1CCC(C)CC1. The third-order valence-corrected chi connectivity index (χ3v) is 4.83. The zero-order valence-corrected chi connectivity index (χ0v) is 13.2. The van der Waals surface area contributed by atoms with Crippen LogP contribution >= 0.6 is 11.5 Å². The molecule has 1 saturated carbocycles. The van der Waals surface area contributed by atoms with Crippen LogP contribution in [0.25, 0.3) is 0 Å². The zero-order valence-electron chi connectivity index (χ0n) is 12.4. The third-order valence-electron chi connectivity index (χ3n) is 4.10. The summed E-state index contributed by atoms with van der Waals surface area (Å²) in [5.74, 6) is 0.910. The van der Waals surface area contributed by atoms with E-state index in [0.717, 1.165) is 42.2 Å². The number of hydrogen-bond acceptors (Lipinski definition) is 5. The van der Waals surface area contributed by atoms with Crippen LogP contribution in [0.4, 0.5) is 5.00 Å². The second kappa shape index (κ2) is 7.20. The van der Waals surface area contributed by atoms with Crippen molar-refractivity contribution >= 4 is 16.5 Å². The molecule has 0 atom stereocenters. The fraction of sp³-hybridized carbons (Fsp3) is 0.857. The Hall–Kier alpha value is -0.680. The molecule has 1 aliphatic carbocycles. The second-order valence-corrected chi connectivity index (χ2v) is 6.56. The van der Waals surface area contributed by atoms with Crippen LogP contribution in [0.3, 0.4) is 0 Å². The Labute approximate surface area is 120 Å². The minimum absolute atomic E-state index is 0.719. The van der Waals surface area contributed by atoms with Crippen molar-refractivity contribution in [2.75, 3.05) is 18.9 Å². The molecule has 4 nitrogen and oxygen atoms in total. The largest absolute Gasteiger partial charge is 0.374 e. The number of anilines is 1. The highest BCUT2D eigenvalue weighted by Crippen LogP contribution is 2.28. The van der Waals surface area contributed by atoms with Crippen LogP contribution in [-0.4, -0.2) is 34.1 Å². The molecular weight excluding hydrogens is 256 g/mol. The number of rotatable bonds is 6. The first kappa shape index (κ1) is 14.7. The highest BCUT2D eigenvalue weighted by Gasteiger charge is 2.23. The quantitative estimate of drug-likeness (QED) is 0.868. The van der Waals surface area contributed by atoms with Gasteiger partial charge in [0.25, 0.3) is 0 Å². The van der Waals surface area contributed by atoms with Gasteiger partial charge in [0.15, 0.2) is 0 Å². The molecule has 1 aromatic heterocycles. The standard InChI is InChI=1S/C14H26N4S/c1-4-9-15-14-13(16-17-19-14)10-18(3)12-7-5-11(2)6-8-12/h11-12,15H,4-10H2,1-3H3. The molecule has 0 radical (unpaired) electrons. The Balaban J connectivity index is 1.87. The molecule has 19 heavy (non-hydrogen) atoms. The van der Waals surface area contributed by atoms with E-state index in [1.54, 1.807) is 0 Å². The summed E-state index contributed by atoms with van der Waals surface area (Å²) >= 11 is 1.48. The molecule has 1 aromatic rings. The molecular formula is C14H26N4S. The molecule has 0 aliphatic heterocycles. The van der Waals surface area contributed by atoms with Crippen LogP contribution < -0.4 is 5.32 Å². The summed E-state index contributed by atoms with van der Waals surface area (Å²) in [6.45, 7) is 6.47. The lowest BCUT2D eigenvalue weighted by Gasteiger charge is -2.33. The van der Waals surface area contributed by atoms with Crippen LogP contribution in [-0.2, 0) is 6.54 Å². The lowest BCUT2D eigenvalue weighted by atomic mass is 9.87. The van der Waals surface area contributed by atoms with Gasteiger partial charge in [-0.3, -0.25) is 4.90 Å². The van der Waals surface area contributed by atoms with Gasteiger partial charge in [0, 0.05) is 30.7 Å². The van der Waals surface area contributed by atoms with Crippen LogP contribution in [0.2, 0.25) is 0 Å². The predicted octanol–water partition coefficient (Wildman–Crippen LogP) is 3.37. The summed E-state index contributed by atoms with van der Waals surface area (Å²) in [5.41, 5.74) is 1.11. The minimum Gasteiger partial charge on any atom is -0.374 e. The summed E-state index contributed by atoms with van der Waals surface area (Å²) < 4.78 is 4.09. The number of nitrogens with zero attached hydrogens (tertiary/aromatic N) is 3. The molecule has 1 fully saturated rings. The van der Waals surface area contributed by atoms with Crippen molar-refractivity contribution in [3.8, 4) is 0 Å². The molecule has 1 aliphatic rings. The highest BCUT2D eigenvalue weighted by molar-refractivity contribution is 7.10. The summed E-state index contributed by atoms with van der Waals surface area (Å²) in [6.07, 6.45) is 6.52. The van der Waals surface area contributed by atoms with Crippen molar-refractivity contribution < 1.29 is 0 Å². The lowest BCUT2D eigenvalue weighted by Crippen LogP contribution is -2.34. The van der Waals surface area contributed by atoms with Crippen LogP contribution in [0, 0.1) is 5.92 Å². The van der Waals surface area contributed by atoms with Gasteiger partial charge >= 0.3 is 0 Å². The molecule has 0 aromatic carbocycles. The number of hydrogen-bond donors (Lipinski definition) is 1. The Kier molecular flexibility index (Phi) is 5.58. The molecule has 1 heterocycles. The van der Waals surface area contributed by atoms with E-state index in [2.05, 4.69) is 40.7 Å². The molecule has 0 unspecified atom stereocenters. The molecule has 0 saturated heterocycles. The van der Waals surface area contributed by atoms with Crippen molar-refractivity contribution in [3.05, 3.63) is 5.69 Å². The number of aromatic nitrogens is 2. The van der Waals surface area contributed by atoms with Crippen LogP contribution in [0.5, 0.6) is 0 Å². The van der Waals surface area contributed by atoms with E-state index in [-0.39, 0.29) is 0 Å². The Morgan fingerprint density at radius 2 is 2.05 bits per heavy atom. The van der Waals surface area contributed by atoms with E-state index < -0.39 is 0 Å². The molecule has 0 spiro atoms. The van der Waals surface area contributed by atoms with Gasteiger partial charge in [0.05, 0.1) is 0 Å². The smallest absolute Gasteiger partial charge is 0.134 e. The summed E-state index contributed by atoms with van der Waals surface area (Å²) in [7, 11) is 2.23. The van der Waals surface area contributed by atoms with Crippen molar-refractivity contribution in [2.24, 2.45) is 5.92 Å². The molecule has 0 amide bonds. The van der Waals surface area contributed by atoms with Gasteiger partial charge in [0.2, 0.25) is 0 Å². The summed E-state index contributed by atoms with van der Waals surface area (Å²) in [6, 6.07) is 0.719. The molecule has 5 heteroatoms. The minimum atomic E-state index is 0.719.